The number of halogens is 2. The fourth-order valence-electron chi connectivity index (χ4n) is 3.01. The molecule has 1 aromatic heterocycles. The van der Waals surface area contributed by atoms with Gasteiger partial charge in [0, 0.05) is 25.0 Å². The minimum atomic E-state index is -2.60. The molecule has 1 N–H and O–H groups in total. The summed E-state index contributed by atoms with van der Waals surface area (Å²) in [7, 11) is 0. The van der Waals surface area contributed by atoms with E-state index in [2.05, 4.69) is 9.88 Å². The number of imidazole rings is 1. The van der Waals surface area contributed by atoms with Crippen molar-refractivity contribution in [1.82, 2.24) is 14.5 Å². The first kappa shape index (κ1) is 17.0. The van der Waals surface area contributed by atoms with Crippen molar-refractivity contribution in [3.63, 3.8) is 0 Å². The molecular weight excluding hydrogens is 316 g/mol. The summed E-state index contributed by atoms with van der Waals surface area (Å²) >= 11 is 0. The lowest BCUT2D eigenvalue weighted by molar-refractivity contribution is -0.0331. The van der Waals surface area contributed by atoms with Crippen LogP contribution >= 0.6 is 0 Å². The summed E-state index contributed by atoms with van der Waals surface area (Å²) in [5.74, 6) is 0.325. The Labute approximate surface area is 139 Å². The number of aliphatic hydroxyl groups is 1. The molecule has 2 unspecified atom stereocenters. The van der Waals surface area contributed by atoms with Gasteiger partial charge in [-0.05, 0) is 12.0 Å². The number of hydrogen-bond acceptors (Lipinski definition) is 4. The minimum Gasteiger partial charge on any atom is -0.388 e. The average Bonchev–Trinajstić information content (AvgIpc) is 3.06. The van der Waals surface area contributed by atoms with Crippen LogP contribution in [0.3, 0.4) is 0 Å². The molecule has 0 saturated carbocycles. The molecule has 5 nitrogen and oxygen atoms in total. The summed E-state index contributed by atoms with van der Waals surface area (Å²) in [6.07, 6.45) is 2.54. The van der Waals surface area contributed by atoms with Gasteiger partial charge in [-0.25, -0.2) is 4.98 Å². The molecule has 0 aliphatic carbocycles. The molecule has 2 heterocycles. The van der Waals surface area contributed by atoms with Crippen LogP contribution in [0.15, 0.2) is 42.7 Å². The summed E-state index contributed by atoms with van der Waals surface area (Å²) in [6, 6.07) is 9.37. The van der Waals surface area contributed by atoms with Gasteiger partial charge >= 0.3 is 6.55 Å². The number of morpholine rings is 1. The highest BCUT2D eigenvalue weighted by Crippen LogP contribution is 2.24. The average molecular weight is 337 g/mol. The van der Waals surface area contributed by atoms with Gasteiger partial charge in [0.15, 0.2) is 0 Å². The molecule has 130 valence electrons. The van der Waals surface area contributed by atoms with Crippen LogP contribution in [-0.2, 0) is 11.3 Å². The molecule has 24 heavy (non-hydrogen) atoms. The van der Waals surface area contributed by atoms with Gasteiger partial charge in [0.05, 0.1) is 25.9 Å². The maximum absolute atomic E-state index is 13.0. The van der Waals surface area contributed by atoms with Crippen LogP contribution in [0, 0.1) is 0 Å². The van der Waals surface area contributed by atoms with Crippen LogP contribution in [0.25, 0.3) is 0 Å². The molecule has 1 saturated heterocycles. The van der Waals surface area contributed by atoms with Crippen molar-refractivity contribution < 1.29 is 18.6 Å². The van der Waals surface area contributed by atoms with E-state index in [1.807, 2.05) is 30.3 Å². The fraction of sp³-hybridized carbons (Fsp3) is 0.471. The van der Waals surface area contributed by atoms with Gasteiger partial charge in [0.25, 0.3) is 0 Å². The molecule has 2 aromatic rings. The maximum Gasteiger partial charge on any atom is 0.319 e. The monoisotopic (exact) mass is 337 g/mol. The Hall–Kier alpha value is -1.83. The molecule has 0 amide bonds. The lowest BCUT2D eigenvalue weighted by Gasteiger charge is -2.36. The summed E-state index contributed by atoms with van der Waals surface area (Å²) < 4.78 is 32.4. The number of nitrogens with zero attached hydrogens (tertiary/aromatic N) is 3. The third kappa shape index (κ3) is 3.98. The van der Waals surface area contributed by atoms with E-state index in [-0.39, 0.29) is 6.04 Å². The first-order valence-electron chi connectivity index (χ1n) is 8.00. The predicted molar refractivity (Wildman–Crippen MR) is 84.5 cm³/mol. The molecule has 1 aliphatic heterocycles. The molecule has 2 atom stereocenters. The van der Waals surface area contributed by atoms with E-state index in [1.165, 1.54) is 12.4 Å². The van der Waals surface area contributed by atoms with Crippen molar-refractivity contribution in [2.24, 2.45) is 0 Å². The summed E-state index contributed by atoms with van der Waals surface area (Å²) in [5, 5.41) is 10.4. The van der Waals surface area contributed by atoms with Crippen LogP contribution < -0.4 is 0 Å². The maximum atomic E-state index is 13.0. The third-order valence-corrected chi connectivity index (χ3v) is 4.33. The lowest BCUT2D eigenvalue weighted by Crippen LogP contribution is -2.46. The van der Waals surface area contributed by atoms with Gasteiger partial charge in [-0.3, -0.25) is 9.47 Å². The molecule has 1 fully saturated rings. The molecular formula is C17H21F2N3O2. The highest BCUT2D eigenvalue weighted by molar-refractivity contribution is 5.17. The highest BCUT2D eigenvalue weighted by Gasteiger charge is 2.27. The van der Waals surface area contributed by atoms with Crippen LogP contribution in [0.5, 0.6) is 0 Å². The van der Waals surface area contributed by atoms with E-state index in [0.717, 1.165) is 10.1 Å². The molecule has 0 bridgehead atoms. The lowest BCUT2D eigenvalue weighted by atomic mass is 10.0. The van der Waals surface area contributed by atoms with Crippen molar-refractivity contribution in [3.05, 3.63) is 54.1 Å². The molecule has 0 radical (unpaired) electrons. The van der Waals surface area contributed by atoms with Crippen molar-refractivity contribution in [1.29, 1.82) is 0 Å². The van der Waals surface area contributed by atoms with Crippen LogP contribution in [0.2, 0.25) is 0 Å². The van der Waals surface area contributed by atoms with E-state index < -0.39 is 12.7 Å². The van der Waals surface area contributed by atoms with E-state index in [1.54, 1.807) is 0 Å². The highest BCUT2D eigenvalue weighted by atomic mass is 19.3. The standard InChI is InChI=1S/C17H21F2N3O2/c18-17(19)22-7-6-20-16(22)11-21-8-9-24-12-14(21)10-15(23)13-4-2-1-3-5-13/h1-7,14-15,17,23H,8-12H2. The Bertz CT molecular complexity index is 636. The first-order valence-corrected chi connectivity index (χ1v) is 8.00. The number of ether oxygens (including phenoxy) is 1. The second kappa shape index (κ2) is 7.83. The predicted octanol–water partition coefficient (Wildman–Crippen LogP) is 2.60. The van der Waals surface area contributed by atoms with Crippen LogP contribution in [0.4, 0.5) is 8.78 Å². The largest absolute Gasteiger partial charge is 0.388 e. The van der Waals surface area contributed by atoms with Crippen molar-refractivity contribution in [3.8, 4) is 0 Å². The zero-order valence-corrected chi connectivity index (χ0v) is 13.3. The number of aliphatic hydroxyl groups excluding tert-OH is 1. The number of alkyl halides is 2. The molecule has 0 spiro atoms. The first-order chi connectivity index (χ1) is 11.6. The van der Waals surface area contributed by atoms with E-state index in [9.17, 15) is 13.9 Å². The SMILES string of the molecule is OC(CC1COCCN1Cc1nccn1C(F)F)c1ccccc1. The minimum absolute atomic E-state index is 0.0446. The number of benzene rings is 1. The molecule has 1 aromatic carbocycles. The Morgan fingerprint density at radius 3 is 2.83 bits per heavy atom. The topological polar surface area (TPSA) is 50.5 Å². The zero-order valence-electron chi connectivity index (χ0n) is 13.3. The Morgan fingerprint density at radius 2 is 2.08 bits per heavy atom. The quantitative estimate of drug-likeness (QED) is 0.880. The van der Waals surface area contributed by atoms with Crippen molar-refractivity contribution >= 4 is 0 Å². The molecule has 1 aliphatic rings. The van der Waals surface area contributed by atoms with Crippen LogP contribution in [-0.4, -0.2) is 45.4 Å². The summed E-state index contributed by atoms with van der Waals surface area (Å²) in [4.78, 5) is 6.09. The van der Waals surface area contributed by atoms with E-state index in [0.29, 0.717) is 38.5 Å². The zero-order chi connectivity index (χ0) is 16.9. The second-order valence-corrected chi connectivity index (χ2v) is 5.89. The molecule has 3 rings (SSSR count). The van der Waals surface area contributed by atoms with Crippen LogP contribution in [0.1, 0.15) is 30.5 Å². The number of aromatic nitrogens is 2. The van der Waals surface area contributed by atoms with Gasteiger partial charge in [0.2, 0.25) is 0 Å². The normalized spacial score (nSPS) is 20.4. The summed E-state index contributed by atoms with van der Waals surface area (Å²) in [5.41, 5.74) is 0.845. The van der Waals surface area contributed by atoms with Gasteiger partial charge in [-0.15, -0.1) is 0 Å². The fourth-order valence-corrected chi connectivity index (χ4v) is 3.01. The number of hydrogen-bond donors (Lipinski definition) is 1. The second-order valence-electron chi connectivity index (χ2n) is 5.89. The van der Waals surface area contributed by atoms with Gasteiger partial charge < -0.3 is 9.84 Å². The number of rotatable bonds is 6. The van der Waals surface area contributed by atoms with Gasteiger partial charge in [-0.2, -0.15) is 8.78 Å². The Morgan fingerprint density at radius 1 is 1.29 bits per heavy atom. The summed E-state index contributed by atoms with van der Waals surface area (Å²) in [6.45, 7) is -0.640. The van der Waals surface area contributed by atoms with Gasteiger partial charge in [-0.1, -0.05) is 30.3 Å². The smallest absolute Gasteiger partial charge is 0.319 e. The molecule has 7 heteroatoms. The third-order valence-electron chi connectivity index (χ3n) is 4.33. The van der Waals surface area contributed by atoms with E-state index in [4.69, 9.17) is 4.74 Å². The van der Waals surface area contributed by atoms with Crippen molar-refractivity contribution in [2.45, 2.75) is 31.7 Å². The Kier molecular flexibility index (Phi) is 5.55. The van der Waals surface area contributed by atoms with E-state index >= 15 is 0 Å². The Balaban J connectivity index is 1.68. The van der Waals surface area contributed by atoms with Crippen molar-refractivity contribution in [2.75, 3.05) is 19.8 Å². The van der Waals surface area contributed by atoms with Gasteiger partial charge in [0.1, 0.15) is 5.82 Å².